The summed E-state index contributed by atoms with van der Waals surface area (Å²) >= 11 is 0. The van der Waals surface area contributed by atoms with E-state index in [0.29, 0.717) is 5.56 Å². The number of nitrogens with zero attached hydrogens (tertiary/aromatic N) is 1. The molecule has 4 N–H and O–H groups in total. The second-order valence-corrected chi connectivity index (χ2v) is 4.33. The third-order valence-electron chi connectivity index (χ3n) is 2.59. The first-order valence-corrected chi connectivity index (χ1v) is 5.55. The molecule has 0 aliphatic rings. The van der Waals surface area contributed by atoms with Gasteiger partial charge in [0.1, 0.15) is 0 Å². The third kappa shape index (κ3) is 4.49. The molecule has 0 saturated carbocycles. The lowest BCUT2D eigenvalue weighted by atomic mass is 9.95. The summed E-state index contributed by atoms with van der Waals surface area (Å²) in [5.41, 5.74) is 9.50. The Hall–Kier alpha value is -2.02. The van der Waals surface area contributed by atoms with E-state index < -0.39 is 23.6 Å². The van der Waals surface area contributed by atoms with Crippen LogP contribution in [0.4, 0.5) is 13.2 Å². The summed E-state index contributed by atoms with van der Waals surface area (Å²) < 4.78 is 39.0. The lowest BCUT2D eigenvalue weighted by molar-refractivity contribution is -0.137. The Morgan fingerprint density at radius 2 is 1.76 bits per heavy atom. The highest BCUT2D eigenvalue weighted by Gasteiger charge is 2.34. The fraction of sp³-hybridized carbons (Fsp3) is 0.231. The van der Waals surface area contributed by atoms with E-state index in [1.165, 1.54) is 19.9 Å². The molecule has 116 valence electrons. The minimum Gasteiger partial charge on any atom is -0.370 e. The molecule has 0 bridgehead atoms. The highest BCUT2D eigenvalue weighted by molar-refractivity contribution is 6.03. The number of carbonyl (C=O) groups is 1. The molecule has 0 heterocycles. The summed E-state index contributed by atoms with van der Waals surface area (Å²) in [5.74, 6) is -1.42. The second kappa shape index (κ2) is 6.62. The van der Waals surface area contributed by atoms with Crippen LogP contribution in [0.25, 0.3) is 5.57 Å². The van der Waals surface area contributed by atoms with Crippen molar-refractivity contribution in [2.45, 2.75) is 20.0 Å². The number of carbonyl (C=O) groups excluding carboxylic acids is 1. The number of hydrogen-bond donors (Lipinski definition) is 2. The number of rotatable bonds is 2. The first kappa shape index (κ1) is 19.0. The summed E-state index contributed by atoms with van der Waals surface area (Å²) in [6.07, 6.45) is -4.60. The van der Waals surface area contributed by atoms with Gasteiger partial charge in [-0.25, -0.2) is 0 Å². The Balaban J connectivity index is 0.00000400. The molecule has 0 fully saturated rings. The molecule has 1 aromatic carbocycles. The van der Waals surface area contributed by atoms with Gasteiger partial charge in [-0.05, 0) is 31.0 Å². The molecule has 0 aromatic heterocycles. The van der Waals surface area contributed by atoms with Crippen LogP contribution in [-0.4, -0.2) is 11.9 Å². The SMILES string of the molecule is C=C(C)c1cc(C)c(C(=O)N=C(N)N)cc1C(F)(F)F.Cl. The van der Waals surface area contributed by atoms with E-state index in [9.17, 15) is 18.0 Å². The topological polar surface area (TPSA) is 81.5 Å². The van der Waals surface area contributed by atoms with Crippen molar-refractivity contribution < 1.29 is 18.0 Å². The monoisotopic (exact) mass is 321 g/mol. The fourth-order valence-electron chi connectivity index (χ4n) is 1.70. The number of guanidine groups is 1. The first-order valence-electron chi connectivity index (χ1n) is 5.55. The number of amides is 1. The van der Waals surface area contributed by atoms with Gasteiger partial charge >= 0.3 is 6.18 Å². The van der Waals surface area contributed by atoms with Crippen molar-refractivity contribution in [1.82, 2.24) is 0 Å². The highest BCUT2D eigenvalue weighted by atomic mass is 35.5. The van der Waals surface area contributed by atoms with E-state index >= 15 is 0 Å². The fourth-order valence-corrected chi connectivity index (χ4v) is 1.70. The van der Waals surface area contributed by atoms with E-state index in [1.54, 1.807) is 0 Å². The zero-order valence-electron chi connectivity index (χ0n) is 11.4. The maximum Gasteiger partial charge on any atom is 0.417 e. The number of aryl methyl sites for hydroxylation is 1. The van der Waals surface area contributed by atoms with Crippen LogP contribution in [-0.2, 0) is 6.18 Å². The van der Waals surface area contributed by atoms with Crippen LogP contribution < -0.4 is 11.5 Å². The Morgan fingerprint density at radius 3 is 2.14 bits per heavy atom. The summed E-state index contributed by atoms with van der Waals surface area (Å²) in [4.78, 5) is 14.9. The van der Waals surface area contributed by atoms with Crippen molar-refractivity contribution in [2.24, 2.45) is 16.5 Å². The van der Waals surface area contributed by atoms with Crippen molar-refractivity contribution >= 4 is 29.8 Å². The van der Waals surface area contributed by atoms with Crippen molar-refractivity contribution in [3.63, 3.8) is 0 Å². The Kier molecular flexibility index (Phi) is 5.98. The Morgan fingerprint density at radius 1 is 1.24 bits per heavy atom. The average Bonchev–Trinajstić information content (AvgIpc) is 2.25. The minimum absolute atomic E-state index is 0. The van der Waals surface area contributed by atoms with Gasteiger partial charge in [0.15, 0.2) is 5.96 Å². The lowest BCUT2D eigenvalue weighted by Crippen LogP contribution is -2.24. The number of nitrogens with two attached hydrogens (primary N) is 2. The number of benzene rings is 1. The zero-order chi connectivity index (χ0) is 15.7. The largest absolute Gasteiger partial charge is 0.417 e. The normalized spacial score (nSPS) is 10.5. The molecule has 0 unspecified atom stereocenters. The van der Waals surface area contributed by atoms with Gasteiger partial charge in [-0.3, -0.25) is 4.79 Å². The van der Waals surface area contributed by atoms with Gasteiger partial charge < -0.3 is 11.5 Å². The molecule has 0 aliphatic heterocycles. The maximum atomic E-state index is 13.0. The molecule has 0 spiro atoms. The van der Waals surface area contributed by atoms with Gasteiger partial charge in [-0.15, -0.1) is 12.4 Å². The van der Waals surface area contributed by atoms with Crippen molar-refractivity contribution in [1.29, 1.82) is 0 Å². The molecule has 0 aliphatic carbocycles. The summed E-state index contributed by atoms with van der Waals surface area (Å²) in [7, 11) is 0. The predicted molar refractivity (Wildman–Crippen MR) is 78.3 cm³/mol. The van der Waals surface area contributed by atoms with Gasteiger partial charge in [0, 0.05) is 5.56 Å². The number of alkyl halides is 3. The quantitative estimate of drug-likeness (QED) is 0.649. The average molecular weight is 322 g/mol. The van der Waals surface area contributed by atoms with E-state index in [2.05, 4.69) is 11.6 Å². The molecule has 8 heteroatoms. The van der Waals surface area contributed by atoms with Crippen LogP contribution >= 0.6 is 12.4 Å². The highest BCUT2D eigenvalue weighted by Crippen LogP contribution is 2.36. The van der Waals surface area contributed by atoms with Gasteiger partial charge in [-0.2, -0.15) is 18.2 Å². The molecule has 21 heavy (non-hydrogen) atoms. The van der Waals surface area contributed by atoms with Gasteiger partial charge in [0.2, 0.25) is 0 Å². The number of halogens is 4. The number of aliphatic imine (C=N–C) groups is 1. The Bertz CT molecular complexity index is 605. The first-order chi connectivity index (χ1) is 9.04. The van der Waals surface area contributed by atoms with Crippen LogP contribution in [0.2, 0.25) is 0 Å². The van der Waals surface area contributed by atoms with Crippen LogP contribution in [0.3, 0.4) is 0 Å². The van der Waals surface area contributed by atoms with Crippen LogP contribution in [0.1, 0.15) is 34.0 Å². The Labute approximate surface area is 126 Å². The summed E-state index contributed by atoms with van der Waals surface area (Å²) in [6.45, 7) is 6.47. The van der Waals surface area contributed by atoms with E-state index in [4.69, 9.17) is 11.5 Å². The maximum absolute atomic E-state index is 13.0. The third-order valence-corrected chi connectivity index (χ3v) is 2.59. The summed E-state index contributed by atoms with van der Waals surface area (Å²) in [6, 6.07) is 1.99. The van der Waals surface area contributed by atoms with Gasteiger partial charge in [0.05, 0.1) is 5.56 Å². The van der Waals surface area contributed by atoms with Gasteiger partial charge in [0.25, 0.3) is 5.91 Å². The van der Waals surface area contributed by atoms with Crippen LogP contribution in [0, 0.1) is 6.92 Å². The molecule has 1 aromatic rings. The predicted octanol–water partition coefficient (Wildman–Crippen LogP) is 2.88. The molecular weight excluding hydrogens is 307 g/mol. The number of allylic oxidation sites excluding steroid dienone is 1. The molecular formula is C13H15ClF3N3O. The van der Waals surface area contributed by atoms with Crippen molar-refractivity contribution in [2.75, 3.05) is 0 Å². The standard InChI is InChI=1S/C13H14F3N3O.ClH/c1-6(2)8-4-7(3)9(11(20)19-12(17)18)5-10(8)13(14,15)16;/h4-5H,1H2,2-3H3,(H4,17,18,19,20);1H. The molecule has 0 saturated heterocycles. The zero-order valence-corrected chi connectivity index (χ0v) is 12.2. The molecule has 4 nitrogen and oxygen atoms in total. The van der Waals surface area contributed by atoms with Gasteiger partial charge in [-0.1, -0.05) is 18.2 Å². The van der Waals surface area contributed by atoms with Crippen molar-refractivity contribution in [3.05, 3.63) is 41.0 Å². The molecule has 1 amide bonds. The lowest BCUT2D eigenvalue weighted by Gasteiger charge is -2.15. The molecule has 0 atom stereocenters. The van der Waals surface area contributed by atoms with Crippen LogP contribution in [0.15, 0.2) is 23.7 Å². The minimum atomic E-state index is -4.60. The smallest absolute Gasteiger partial charge is 0.370 e. The van der Waals surface area contributed by atoms with Crippen molar-refractivity contribution in [3.8, 4) is 0 Å². The second-order valence-electron chi connectivity index (χ2n) is 4.33. The van der Waals surface area contributed by atoms with E-state index in [-0.39, 0.29) is 29.1 Å². The summed E-state index contributed by atoms with van der Waals surface area (Å²) in [5, 5.41) is 0. The van der Waals surface area contributed by atoms with Crippen LogP contribution in [0.5, 0.6) is 0 Å². The molecule has 1 rings (SSSR count). The van der Waals surface area contributed by atoms with E-state index in [1.807, 2.05) is 0 Å². The molecule has 0 radical (unpaired) electrons. The number of hydrogen-bond acceptors (Lipinski definition) is 1. The van der Waals surface area contributed by atoms with E-state index in [0.717, 1.165) is 6.07 Å².